The lowest BCUT2D eigenvalue weighted by atomic mass is 9.99. The molecular weight excluding hydrogens is 449 g/mol. The van der Waals surface area contributed by atoms with Crippen LogP contribution >= 0.6 is 23.2 Å². The molecule has 166 valence electrons. The lowest BCUT2D eigenvalue weighted by Gasteiger charge is -2.17. The van der Waals surface area contributed by atoms with E-state index in [4.69, 9.17) is 27.9 Å². The van der Waals surface area contributed by atoms with E-state index in [-0.39, 0.29) is 28.1 Å². The van der Waals surface area contributed by atoms with Gasteiger partial charge in [-0.05, 0) is 43.2 Å². The second kappa shape index (κ2) is 10.5. The van der Waals surface area contributed by atoms with Gasteiger partial charge in [0.1, 0.15) is 11.8 Å². The van der Waals surface area contributed by atoms with E-state index >= 15 is 0 Å². The molecule has 0 aliphatic carbocycles. The molecule has 0 fully saturated rings. The van der Waals surface area contributed by atoms with Crippen LogP contribution in [-0.2, 0) is 11.2 Å². The van der Waals surface area contributed by atoms with E-state index in [9.17, 15) is 14.7 Å². The van der Waals surface area contributed by atoms with Crippen LogP contribution in [0.1, 0.15) is 29.8 Å². The number of carboxylic acids is 1. The minimum atomic E-state index is -1.15. The number of aliphatic carboxylic acids is 1. The zero-order chi connectivity index (χ0) is 23.3. The molecule has 0 aliphatic heterocycles. The van der Waals surface area contributed by atoms with Gasteiger partial charge in [0.15, 0.2) is 0 Å². The number of rotatable bonds is 8. The van der Waals surface area contributed by atoms with Gasteiger partial charge in [0.25, 0.3) is 5.91 Å². The van der Waals surface area contributed by atoms with Crippen molar-refractivity contribution in [3.8, 4) is 16.9 Å². The van der Waals surface area contributed by atoms with Gasteiger partial charge in [-0.3, -0.25) is 4.79 Å². The first-order valence-electron chi connectivity index (χ1n) is 10.1. The molecule has 0 radical (unpaired) electrons. The van der Waals surface area contributed by atoms with E-state index in [0.29, 0.717) is 0 Å². The van der Waals surface area contributed by atoms with Crippen LogP contribution in [0.15, 0.2) is 66.7 Å². The number of hydrogen-bond donors (Lipinski definition) is 2. The van der Waals surface area contributed by atoms with Gasteiger partial charge in [-0.1, -0.05) is 71.7 Å². The third-order valence-electron chi connectivity index (χ3n) is 4.75. The van der Waals surface area contributed by atoms with Crippen molar-refractivity contribution in [2.45, 2.75) is 32.4 Å². The average Bonchev–Trinajstić information content (AvgIpc) is 2.73. The van der Waals surface area contributed by atoms with Crippen LogP contribution in [0.25, 0.3) is 11.1 Å². The predicted molar refractivity (Wildman–Crippen MR) is 127 cm³/mol. The Kier molecular flexibility index (Phi) is 7.78. The molecular formula is C25H23Cl2NO4. The van der Waals surface area contributed by atoms with Crippen LogP contribution in [0, 0.1) is 0 Å². The Balaban J connectivity index is 1.77. The number of nitrogens with one attached hydrogen (secondary N) is 1. The van der Waals surface area contributed by atoms with Crippen molar-refractivity contribution >= 4 is 35.1 Å². The molecule has 0 aliphatic rings. The Morgan fingerprint density at radius 1 is 0.938 bits per heavy atom. The van der Waals surface area contributed by atoms with Crippen molar-refractivity contribution in [1.82, 2.24) is 5.32 Å². The maximum absolute atomic E-state index is 12.6. The largest absolute Gasteiger partial charge is 0.490 e. The van der Waals surface area contributed by atoms with Crippen molar-refractivity contribution < 1.29 is 19.4 Å². The third kappa shape index (κ3) is 5.81. The van der Waals surface area contributed by atoms with Crippen LogP contribution in [0.2, 0.25) is 10.0 Å². The lowest BCUT2D eigenvalue weighted by molar-refractivity contribution is -0.139. The normalized spacial score (nSPS) is 11.8. The summed E-state index contributed by atoms with van der Waals surface area (Å²) in [4.78, 5) is 24.4. The summed E-state index contributed by atoms with van der Waals surface area (Å²) < 4.78 is 5.88. The molecule has 32 heavy (non-hydrogen) atoms. The number of carboxylic acid groups (broad SMARTS) is 1. The standard InChI is InChI=1S/C25H23Cl2NO4/c1-15(2)32-22-9-4-3-6-18(22)17-12-10-16(11-13-17)14-21(25(30)31)28-24(29)23-19(26)7-5-8-20(23)27/h3-13,15,21H,14H2,1-2H3,(H,28,29)(H,30,31)/t21-/m0/s1. The first kappa shape index (κ1) is 23.6. The number of para-hydroxylation sites is 1. The van der Waals surface area contributed by atoms with Crippen molar-refractivity contribution in [2.24, 2.45) is 0 Å². The zero-order valence-electron chi connectivity index (χ0n) is 17.6. The van der Waals surface area contributed by atoms with Gasteiger partial charge < -0.3 is 15.2 Å². The highest BCUT2D eigenvalue weighted by Crippen LogP contribution is 2.31. The highest BCUT2D eigenvalue weighted by Gasteiger charge is 2.24. The molecule has 0 saturated carbocycles. The van der Waals surface area contributed by atoms with Gasteiger partial charge in [-0.25, -0.2) is 4.79 Å². The van der Waals surface area contributed by atoms with Gasteiger partial charge in [0.2, 0.25) is 0 Å². The second-order valence-electron chi connectivity index (χ2n) is 7.52. The molecule has 7 heteroatoms. The summed E-state index contributed by atoms with van der Waals surface area (Å²) in [5.41, 5.74) is 2.71. The number of carbonyl (C=O) groups excluding carboxylic acids is 1. The quantitative estimate of drug-likeness (QED) is 0.430. The number of benzene rings is 3. The Labute approximate surface area is 196 Å². The first-order chi connectivity index (χ1) is 15.3. The molecule has 2 N–H and O–H groups in total. The number of hydrogen-bond acceptors (Lipinski definition) is 3. The molecule has 3 aromatic carbocycles. The van der Waals surface area contributed by atoms with E-state index in [0.717, 1.165) is 22.4 Å². The fourth-order valence-electron chi connectivity index (χ4n) is 3.26. The van der Waals surface area contributed by atoms with Gasteiger partial charge in [0, 0.05) is 12.0 Å². The minimum absolute atomic E-state index is 0.0435. The monoisotopic (exact) mass is 471 g/mol. The summed E-state index contributed by atoms with van der Waals surface area (Å²) in [7, 11) is 0. The topological polar surface area (TPSA) is 75.6 Å². The summed E-state index contributed by atoms with van der Waals surface area (Å²) in [5, 5.41) is 12.5. The fourth-order valence-corrected chi connectivity index (χ4v) is 3.83. The van der Waals surface area contributed by atoms with Gasteiger partial charge in [-0.2, -0.15) is 0 Å². The molecule has 0 heterocycles. The number of ether oxygens (including phenoxy) is 1. The zero-order valence-corrected chi connectivity index (χ0v) is 19.2. The molecule has 0 unspecified atom stereocenters. The average molecular weight is 472 g/mol. The minimum Gasteiger partial charge on any atom is -0.490 e. The summed E-state index contributed by atoms with van der Waals surface area (Å²) in [5.74, 6) is -1.01. The van der Waals surface area contributed by atoms with E-state index in [1.807, 2.05) is 62.4 Å². The maximum Gasteiger partial charge on any atom is 0.326 e. The number of halogens is 2. The SMILES string of the molecule is CC(C)Oc1ccccc1-c1ccc(C[C@H](NC(=O)c2c(Cl)cccc2Cl)C(=O)O)cc1. The molecule has 3 aromatic rings. The van der Waals surface area contributed by atoms with Gasteiger partial charge in [0.05, 0.1) is 21.7 Å². The Bertz CT molecular complexity index is 1090. The van der Waals surface area contributed by atoms with Crippen LogP contribution < -0.4 is 10.1 Å². The predicted octanol–water partition coefficient (Wildman–Crippen LogP) is 5.87. The van der Waals surface area contributed by atoms with Crippen LogP contribution in [-0.4, -0.2) is 29.1 Å². The van der Waals surface area contributed by atoms with Crippen molar-refractivity contribution in [3.05, 3.63) is 87.9 Å². The van der Waals surface area contributed by atoms with Gasteiger partial charge >= 0.3 is 5.97 Å². The fraction of sp³-hybridized carbons (Fsp3) is 0.200. The van der Waals surface area contributed by atoms with E-state index in [1.54, 1.807) is 6.07 Å². The van der Waals surface area contributed by atoms with E-state index < -0.39 is 17.9 Å². The Hall–Kier alpha value is -3.02. The van der Waals surface area contributed by atoms with Crippen molar-refractivity contribution in [2.75, 3.05) is 0 Å². The Morgan fingerprint density at radius 3 is 2.16 bits per heavy atom. The molecule has 0 saturated heterocycles. The lowest BCUT2D eigenvalue weighted by Crippen LogP contribution is -2.42. The molecule has 0 spiro atoms. The second-order valence-corrected chi connectivity index (χ2v) is 8.34. The maximum atomic E-state index is 12.6. The molecule has 3 rings (SSSR count). The first-order valence-corrected chi connectivity index (χ1v) is 10.8. The van der Waals surface area contributed by atoms with E-state index in [2.05, 4.69) is 5.32 Å². The molecule has 5 nitrogen and oxygen atoms in total. The van der Waals surface area contributed by atoms with E-state index in [1.165, 1.54) is 12.1 Å². The highest BCUT2D eigenvalue weighted by molar-refractivity contribution is 6.39. The van der Waals surface area contributed by atoms with Crippen LogP contribution in [0.4, 0.5) is 0 Å². The summed E-state index contributed by atoms with van der Waals surface area (Å²) in [6.07, 6.45) is 0.148. The number of carbonyl (C=O) groups is 2. The Morgan fingerprint density at radius 2 is 1.56 bits per heavy atom. The number of amides is 1. The van der Waals surface area contributed by atoms with Crippen LogP contribution in [0.3, 0.4) is 0 Å². The molecule has 0 aromatic heterocycles. The van der Waals surface area contributed by atoms with Gasteiger partial charge in [-0.15, -0.1) is 0 Å². The molecule has 0 bridgehead atoms. The summed E-state index contributed by atoms with van der Waals surface area (Å²) in [6.45, 7) is 3.94. The van der Waals surface area contributed by atoms with Crippen LogP contribution in [0.5, 0.6) is 5.75 Å². The molecule has 1 atom stereocenters. The van der Waals surface area contributed by atoms with Crippen molar-refractivity contribution in [1.29, 1.82) is 0 Å². The third-order valence-corrected chi connectivity index (χ3v) is 5.38. The molecule has 1 amide bonds. The summed E-state index contributed by atoms with van der Waals surface area (Å²) >= 11 is 12.1. The highest BCUT2D eigenvalue weighted by atomic mass is 35.5. The smallest absolute Gasteiger partial charge is 0.326 e. The van der Waals surface area contributed by atoms with Crippen molar-refractivity contribution in [3.63, 3.8) is 0 Å². The summed E-state index contributed by atoms with van der Waals surface area (Å²) in [6, 6.07) is 18.8.